The molecule has 0 amide bonds. The fourth-order valence-electron chi connectivity index (χ4n) is 1.78. The molecule has 1 unspecified atom stereocenters. The van der Waals surface area contributed by atoms with Gasteiger partial charge in [-0.15, -0.1) is 0 Å². The maximum absolute atomic E-state index is 5.62. The first-order valence-electron chi connectivity index (χ1n) is 5.37. The van der Waals surface area contributed by atoms with Crippen molar-refractivity contribution in [2.24, 2.45) is 5.84 Å². The Hall–Kier alpha value is -1.11. The van der Waals surface area contributed by atoms with E-state index in [2.05, 4.69) is 40.3 Å². The Morgan fingerprint density at radius 2 is 2.29 bits per heavy atom. The van der Waals surface area contributed by atoms with Crippen molar-refractivity contribution >= 4 is 15.9 Å². The van der Waals surface area contributed by atoms with Crippen LogP contribution in [0.5, 0.6) is 0 Å². The Morgan fingerprint density at radius 1 is 1.53 bits per heavy atom. The van der Waals surface area contributed by atoms with Crippen LogP contribution in [0.3, 0.4) is 0 Å². The van der Waals surface area contributed by atoms with Gasteiger partial charge in [0.15, 0.2) is 0 Å². The van der Waals surface area contributed by atoms with E-state index in [-0.39, 0.29) is 12.1 Å². The minimum atomic E-state index is -0.218. The topological polar surface area (TPSA) is 69.0 Å². The molecular formula is C11H15BrN4O. The number of furan rings is 1. The average molecular weight is 299 g/mol. The Bertz CT molecular complexity index is 478. The molecule has 0 fully saturated rings. The second-order valence-corrected chi connectivity index (χ2v) is 4.89. The van der Waals surface area contributed by atoms with Crippen LogP contribution >= 0.6 is 15.9 Å². The van der Waals surface area contributed by atoms with Crippen LogP contribution in [-0.4, -0.2) is 9.78 Å². The number of hydrogen-bond acceptors (Lipinski definition) is 4. The van der Waals surface area contributed by atoms with E-state index < -0.39 is 0 Å². The number of halogens is 1. The predicted molar refractivity (Wildman–Crippen MR) is 68.2 cm³/mol. The van der Waals surface area contributed by atoms with Gasteiger partial charge < -0.3 is 4.42 Å². The first-order chi connectivity index (χ1) is 8.15. The van der Waals surface area contributed by atoms with Gasteiger partial charge in [-0.25, -0.2) is 5.43 Å². The number of hydrazine groups is 1. The molecular weight excluding hydrogens is 284 g/mol. The van der Waals surface area contributed by atoms with Gasteiger partial charge in [-0.05, 0) is 41.9 Å². The molecule has 0 aliphatic rings. The molecule has 2 aromatic rings. The van der Waals surface area contributed by atoms with Gasteiger partial charge in [-0.2, -0.15) is 5.10 Å². The number of hydrogen-bond donors (Lipinski definition) is 2. The van der Waals surface area contributed by atoms with E-state index >= 15 is 0 Å². The van der Waals surface area contributed by atoms with Crippen molar-refractivity contribution in [3.05, 3.63) is 40.5 Å². The van der Waals surface area contributed by atoms with Crippen LogP contribution in [-0.2, 0) is 0 Å². The summed E-state index contributed by atoms with van der Waals surface area (Å²) in [6.45, 7) is 4.14. The van der Waals surface area contributed by atoms with Crippen molar-refractivity contribution in [1.29, 1.82) is 0 Å². The molecule has 0 radical (unpaired) electrons. The van der Waals surface area contributed by atoms with E-state index in [1.807, 2.05) is 16.8 Å². The zero-order chi connectivity index (χ0) is 12.4. The summed E-state index contributed by atoms with van der Waals surface area (Å²) in [4.78, 5) is 0. The molecule has 0 aromatic carbocycles. The Labute approximate surface area is 108 Å². The van der Waals surface area contributed by atoms with E-state index in [0.717, 1.165) is 15.9 Å². The summed E-state index contributed by atoms with van der Waals surface area (Å²) in [6, 6.07) is 3.75. The van der Waals surface area contributed by atoms with Crippen molar-refractivity contribution < 1.29 is 4.42 Å². The molecule has 2 aromatic heterocycles. The lowest BCUT2D eigenvalue weighted by atomic mass is 10.1. The van der Waals surface area contributed by atoms with Crippen LogP contribution < -0.4 is 11.3 Å². The summed E-state index contributed by atoms with van der Waals surface area (Å²) >= 11 is 3.49. The minimum Gasteiger partial charge on any atom is -0.467 e. The SMILES string of the molecule is CC(C)n1ncc(Br)c1C(NN)c1ccco1. The van der Waals surface area contributed by atoms with E-state index in [0.29, 0.717) is 0 Å². The first-order valence-corrected chi connectivity index (χ1v) is 6.17. The molecule has 6 heteroatoms. The molecule has 0 aliphatic carbocycles. The van der Waals surface area contributed by atoms with Gasteiger partial charge >= 0.3 is 0 Å². The lowest BCUT2D eigenvalue weighted by Crippen LogP contribution is -2.31. The third-order valence-electron chi connectivity index (χ3n) is 2.54. The third-order valence-corrected chi connectivity index (χ3v) is 3.15. The average Bonchev–Trinajstić information content (AvgIpc) is 2.91. The quantitative estimate of drug-likeness (QED) is 0.672. The van der Waals surface area contributed by atoms with E-state index in [9.17, 15) is 0 Å². The highest BCUT2D eigenvalue weighted by molar-refractivity contribution is 9.10. The fraction of sp³-hybridized carbons (Fsp3) is 0.364. The zero-order valence-corrected chi connectivity index (χ0v) is 11.3. The lowest BCUT2D eigenvalue weighted by Gasteiger charge is -2.18. The van der Waals surface area contributed by atoms with Crippen LogP contribution in [0.2, 0.25) is 0 Å². The molecule has 2 rings (SSSR count). The van der Waals surface area contributed by atoms with Gasteiger partial charge in [0.2, 0.25) is 0 Å². The maximum atomic E-state index is 5.62. The number of nitrogens with zero attached hydrogens (tertiary/aromatic N) is 2. The molecule has 0 aliphatic heterocycles. The van der Waals surface area contributed by atoms with Crippen LogP contribution in [0.1, 0.15) is 37.4 Å². The fourth-order valence-corrected chi connectivity index (χ4v) is 2.29. The summed E-state index contributed by atoms with van der Waals surface area (Å²) in [7, 11) is 0. The molecule has 5 nitrogen and oxygen atoms in total. The smallest absolute Gasteiger partial charge is 0.128 e. The second-order valence-electron chi connectivity index (χ2n) is 4.03. The van der Waals surface area contributed by atoms with Crippen LogP contribution in [0.4, 0.5) is 0 Å². The normalized spacial score (nSPS) is 13.2. The largest absolute Gasteiger partial charge is 0.467 e. The van der Waals surface area contributed by atoms with Gasteiger partial charge in [0.05, 0.1) is 22.6 Å². The monoisotopic (exact) mass is 298 g/mol. The van der Waals surface area contributed by atoms with Gasteiger partial charge in [0.1, 0.15) is 11.8 Å². The lowest BCUT2D eigenvalue weighted by molar-refractivity contribution is 0.415. The maximum Gasteiger partial charge on any atom is 0.128 e. The van der Waals surface area contributed by atoms with Gasteiger partial charge in [-0.1, -0.05) is 0 Å². The highest BCUT2D eigenvalue weighted by Crippen LogP contribution is 2.30. The molecule has 0 saturated carbocycles. The summed E-state index contributed by atoms with van der Waals surface area (Å²) in [6.07, 6.45) is 3.40. The summed E-state index contributed by atoms with van der Waals surface area (Å²) < 4.78 is 8.22. The zero-order valence-electron chi connectivity index (χ0n) is 9.72. The molecule has 0 bridgehead atoms. The highest BCUT2D eigenvalue weighted by Gasteiger charge is 2.23. The highest BCUT2D eigenvalue weighted by atomic mass is 79.9. The van der Waals surface area contributed by atoms with E-state index in [1.54, 1.807) is 12.5 Å². The van der Waals surface area contributed by atoms with Crippen molar-refractivity contribution in [3.63, 3.8) is 0 Å². The number of aromatic nitrogens is 2. The van der Waals surface area contributed by atoms with Crippen molar-refractivity contribution in [1.82, 2.24) is 15.2 Å². The minimum absolute atomic E-state index is 0.218. The number of nitrogens with one attached hydrogen (secondary N) is 1. The van der Waals surface area contributed by atoms with Gasteiger partial charge in [0, 0.05) is 6.04 Å². The molecule has 0 saturated heterocycles. The Kier molecular flexibility index (Phi) is 3.66. The molecule has 2 heterocycles. The number of nitrogens with two attached hydrogens (primary N) is 1. The summed E-state index contributed by atoms with van der Waals surface area (Å²) in [5, 5.41) is 4.33. The van der Waals surface area contributed by atoms with Gasteiger partial charge in [-0.3, -0.25) is 10.5 Å². The Morgan fingerprint density at radius 3 is 2.82 bits per heavy atom. The molecule has 17 heavy (non-hydrogen) atoms. The first kappa shape index (κ1) is 12.3. The van der Waals surface area contributed by atoms with Crippen LogP contribution in [0, 0.1) is 0 Å². The van der Waals surface area contributed by atoms with Crippen molar-refractivity contribution in [2.45, 2.75) is 25.9 Å². The molecule has 92 valence electrons. The third kappa shape index (κ3) is 2.29. The van der Waals surface area contributed by atoms with Crippen molar-refractivity contribution in [3.8, 4) is 0 Å². The molecule has 1 atom stereocenters. The van der Waals surface area contributed by atoms with E-state index in [1.165, 1.54) is 0 Å². The second kappa shape index (κ2) is 5.03. The van der Waals surface area contributed by atoms with Gasteiger partial charge in [0.25, 0.3) is 0 Å². The van der Waals surface area contributed by atoms with Crippen LogP contribution in [0.15, 0.2) is 33.5 Å². The van der Waals surface area contributed by atoms with Crippen molar-refractivity contribution in [2.75, 3.05) is 0 Å². The number of rotatable bonds is 4. The Balaban J connectivity index is 2.47. The summed E-state index contributed by atoms with van der Waals surface area (Å²) in [5.74, 6) is 6.38. The predicted octanol–water partition coefficient (Wildman–Crippen LogP) is 2.37. The molecule has 0 spiro atoms. The standard InChI is InChI=1S/C11H15BrN4O/c1-7(2)16-11(8(12)6-14-16)10(15-13)9-4-3-5-17-9/h3-7,10,15H,13H2,1-2H3. The summed E-state index contributed by atoms with van der Waals surface area (Å²) in [5.41, 5.74) is 3.71. The van der Waals surface area contributed by atoms with Crippen LogP contribution in [0.25, 0.3) is 0 Å². The van der Waals surface area contributed by atoms with E-state index in [4.69, 9.17) is 10.3 Å². The molecule has 3 N–H and O–H groups in total.